The Labute approximate surface area is 72.0 Å². The first-order chi connectivity index (χ1) is 5.41. The number of primary amides is 1. The summed E-state index contributed by atoms with van der Waals surface area (Å²) in [6, 6.07) is 1.79. The Morgan fingerprint density at radius 1 is 1.50 bits per heavy atom. The lowest BCUT2D eigenvalue weighted by Crippen LogP contribution is -2.12. The molecule has 0 saturated heterocycles. The molecule has 0 aliphatic rings. The second-order valence-corrected chi connectivity index (χ2v) is 3.92. The van der Waals surface area contributed by atoms with E-state index in [0.29, 0.717) is 5.69 Å². The summed E-state index contributed by atoms with van der Waals surface area (Å²) in [7, 11) is 0. The molecule has 3 heteroatoms. The summed E-state index contributed by atoms with van der Waals surface area (Å²) in [5.74, 6) is -0.412. The second-order valence-electron chi connectivity index (χ2n) is 3.92. The van der Waals surface area contributed by atoms with Crippen LogP contribution in [0.2, 0.25) is 0 Å². The van der Waals surface area contributed by atoms with E-state index in [-0.39, 0.29) is 5.41 Å². The van der Waals surface area contributed by atoms with E-state index in [9.17, 15) is 4.79 Å². The number of rotatable bonds is 1. The highest BCUT2D eigenvalue weighted by Crippen LogP contribution is 2.22. The van der Waals surface area contributed by atoms with Crippen molar-refractivity contribution in [2.24, 2.45) is 5.73 Å². The molecule has 0 bridgehead atoms. The molecule has 0 fully saturated rings. The molecular formula is C9H14N2O. The van der Waals surface area contributed by atoms with Crippen molar-refractivity contribution in [3.8, 4) is 0 Å². The first-order valence-electron chi connectivity index (χ1n) is 3.90. The third-order valence-electron chi connectivity index (χ3n) is 1.81. The molecule has 0 radical (unpaired) electrons. The number of carbonyl (C=O) groups excluding carboxylic acids is 1. The van der Waals surface area contributed by atoms with Crippen LogP contribution in [0.4, 0.5) is 0 Å². The third kappa shape index (κ3) is 1.67. The van der Waals surface area contributed by atoms with E-state index in [4.69, 9.17) is 5.73 Å². The summed E-state index contributed by atoms with van der Waals surface area (Å²) in [6.45, 7) is 6.25. The summed E-state index contributed by atoms with van der Waals surface area (Å²) in [5.41, 5.74) is 6.73. The normalized spacial score (nSPS) is 11.6. The van der Waals surface area contributed by atoms with Crippen LogP contribution in [0.1, 0.15) is 36.8 Å². The van der Waals surface area contributed by atoms with Crippen molar-refractivity contribution < 1.29 is 4.79 Å². The van der Waals surface area contributed by atoms with Crippen LogP contribution in [0.5, 0.6) is 0 Å². The lowest BCUT2D eigenvalue weighted by atomic mass is 9.89. The maximum Gasteiger partial charge on any atom is 0.265 e. The van der Waals surface area contributed by atoms with Gasteiger partial charge in [0.2, 0.25) is 0 Å². The van der Waals surface area contributed by atoms with Crippen LogP contribution in [0.15, 0.2) is 12.3 Å². The van der Waals surface area contributed by atoms with Crippen molar-refractivity contribution in [3.63, 3.8) is 0 Å². The fourth-order valence-electron chi connectivity index (χ4n) is 0.970. The molecule has 12 heavy (non-hydrogen) atoms. The molecule has 0 aromatic carbocycles. The molecule has 0 saturated carbocycles. The standard InChI is InChI=1S/C9H14N2O/c1-9(2,3)6-4-7(8(10)12)11-5-6/h4-5,11H,1-3H3,(H2,10,12). The molecule has 0 aliphatic carbocycles. The van der Waals surface area contributed by atoms with Crippen LogP contribution in [0, 0.1) is 0 Å². The summed E-state index contributed by atoms with van der Waals surface area (Å²) < 4.78 is 0. The van der Waals surface area contributed by atoms with Gasteiger partial charge in [0, 0.05) is 6.20 Å². The smallest absolute Gasteiger partial charge is 0.265 e. The van der Waals surface area contributed by atoms with Gasteiger partial charge in [-0.05, 0) is 17.0 Å². The monoisotopic (exact) mass is 166 g/mol. The zero-order chi connectivity index (χ0) is 9.35. The number of aromatic amines is 1. The minimum Gasteiger partial charge on any atom is -0.364 e. The van der Waals surface area contributed by atoms with Gasteiger partial charge in [0.05, 0.1) is 0 Å². The fraction of sp³-hybridized carbons (Fsp3) is 0.444. The van der Waals surface area contributed by atoms with Gasteiger partial charge in [0.15, 0.2) is 0 Å². The number of amides is 1. The maximum atomic E-state index is 10.7. The molecule has 1 aromatic rings. The van der Waals surface area contributed by atoms with Gasteiger partial charge >= 0.3 is 0 Å². The predicted octanol–water partition coefficient (Wildman–Crippen LogP) is 1.41. The predicted molar refractivity (Wildman–Crippen MR) is 48.0 cm³/mol. The quantitative estimate of drug-likeness (QED) is 0.651. The van der Waals surface area contributed by atoms with E-state index in [1.54, 1.807) is 6.07 Å². The van der Waals surface area contributed by atoms with Crippen molar-refractivity contribution in [1.82, 2.24) is 4.98 Å². The Morgan fingerprint density at radius 2 is 2.08 bits per heavy atom. The van der Waals surface area contributed by atoms with Crippen LogP contribution in [-0.2, 0) is 5.41 Å². The fourth-order valence-corrected chi connectivity index (χ4v) is 0.970. The maximum absolute atomic E-state index is 10.7. The van der Waals surface area contributed by atoms with Crippen LogP contribution >= 0.6 is 0 Å². The molecule has 0 atom stereocenters. The molecule has 0 unspecified atom stereocenters. The Bertz CT molecular complexity index is 294. The first kappa shape index (κ1) is 8.84. The van der Waals surface area contributed by atoms with E-state index in [1.165, 1.54) is 0 Å². The largest absolute Gasteiger partial charge is 0.364 e. The lowest BCUT2D eigenvalue weighted by molar-refractivity contribution is 0.0996. The first-order valence-corrected chi connectivity index (χ1v) is 3.90. The highest BCUT2D eigenvalue weighted by Gasteiger charge is 2.16. The highest BCUT2D eigenvalue weighted by atomic mass is 16.1. The van der Waals surface area contributed by atoms with Crippen molar-refractivity contribution in [3.05, 3.63) is 23.5 Å². The van der Waals surface area contributed by atoms with Gasteiger partial charge in [0.25, 0.3) is 5.91 Å². The average molecular weight is 166 g/mol. The molecule has 0 spiro atoms. The van der Waals surface area contributed by atoms with E-state index in [0.717, 1.165) is 5.56 Å². The van der Waals surface area contributed by atoms with Gasteiger partial charge in [-0.3, -0.25) is 4.79 Å². The van der Waals surface area contributed by atoms with Gasteiger partial charge in [-0.1, -0.05) is 20.8 Å². The molecule has 0 aliphatic heterocycles. The van der Waals surface area contributed by atoms with E-state index in [1.807, 2.05) is 6.20 Å². The molecule has 3 nitrogen and oxygen atoms in total. The van der Waals surface area contributed by atoms with Crippen LogP contribution in [0.25, 0.3) is 0 Å². The Balaban J connectivity index is 3.00. The van der Waals surface area contributed by atoms with Gasteiger partial charge in [-0.2, -0.15) is 0 Å². The molecule has 1 heterocycles. The van der Waals surface area contributed by atoms with Gasteiger partial charge in [0.1, 0.15) is 5.69 Å². The number of aromatic nitrogens is 1. The molecule has 3 N–H and O–H groups in total. The average Bonchev–Trinajstić information content (AvgIpc) is 2.30. The van der Waals surface area contributed by atoms with Gasteiger partial charge in [-0.25, -0.2) is 0 Å². The SMILES string of the molecule is CC(C)(C)c1c[nH]c(C(N)=O)c1. The summed E-state index contributed by atoms with van der Waals surface area (Å²) in [5, 5.41) is 0. The summed E-state index contributed by atoms with van der Waals surface area (Å²) >= 11 is 0. The second kappa shape index (κ2) is 2.66. The van der Waals surface area contributed by atoms with E-state index < -0.39 is 5.91 Å². The van der Waals surface area contributed by atoms with E-state index >= 15 is 0 Å². The van der Waals surface area contributed by atoms with Gasteiger partial charge < -0.3 is 10.7 Å². The summed E-state index contributed by atoms with van der Waals surface area (Å²) in [6.07, 6.45) is 1.82. The van der Waals surface area contributed by atoms with Crippen LogP contribution in [0.3, 0.4) is 0 Å². The van der Waals surface area contributed by atoms with Crippen molar-refractivity contribution in [2.75, 3.05) is 0 Å². The zero-order valence-electron chi connectivity index (χ0n) is 7.64. The number of hydrogen-bond acceptors (Lipinski definition) is 1. The Morgan fingerprint density at radius 3 is 2.33 bits per heavy atom. The Hall–Kier alpha value is -1.25. The van der Waals surface area contributed by atoms with Gasteiger partial charge in [-0.15, -0.1) is 0 Å². The zero-order valence-corrected chi connectivity index (χ0v) is 7.64. The van der Waals surface area contributed by atoms with Crippen molar-refractivity contribution in [1.29, 1.82) is 0 Å². The lowest BCUT2D eigenvalue weighted by Gasteiger charge is -2.15. The number of nitrogens with two attached hydrogens (primary N) is 1. The Kier molecular flexibility index (Phi) is 1.96. The third-order valence-corrected chi connectivity index (χ3v) is 1.81. The van der Waals surface area contributed by atoms with Crippen molar-refractivity contribution in [2.45, 2.75) is 26.2 Å². The van der Waals surface area contributed by atoms with Crippen LogP contribution in [-0.4, -0.2) is 10.9 Å². The van der Waals surface area contributed by atoms with E-state index in [2.05, 4.69) is 25.8 Å². The number of nitrogens with one attached hydrogen (secondary N) is 1. The highest BCUT2D eigenvalue weighted by molar-refractivity contribution is 5.91. The summed E-state index contributed by atoms with van der Waals surface area (Å²) in [4.78, 5) is 13.6. The van der Waals surface area contributed by atoms with Crippen LogP contribution < -0.4 is 5.73 Å². The van der Waals surface area contributed by atoms with Crippen molar-refractivity contribution >= 4 is 5.91 Å². The minimum absolute atomic E-state index is 0.0597. The molecule has 1 rings (SSSR count). The molecule has 1 aromatic heterocycles. The number of carbonyl (C=O) groups is 1. The molecule has 66 valence electrons. The molecular weight excluding hydrogens is 152 g/mol. The topological polar surface area (TPSA) is 58.9 Å². The number of hydrogen-bond donors (Lipinski definition) is 2. The number of H-pyrrole nitrogens is 1. The molecule has 1 amide bonds. The minimum atomic E-state index is -0.412.